The van der Waals surface area contributed by atoms with Crippen LogP contribution in [0, 0.1) is 0 Å². The molecule has 0 saturated carbocycles. The molecule has 0 saturated heterocycles. The van der Waals surface area contributed by atoms with E-state index in [-0.39, 0.29) is 17.0 Å². The molecular formula is C27H32N2O4S. The molecule has 0 amide bonds. The molecule has 0 aromatic heterocycles. The molecule has 0 radical (unpaired) electrons. The molecule has 0 bridgehead atoms. The summed E-state index contributed by atoms with van der Waals surface area (Å²) in [6.45, 7) is 3.56. The first kappa shape index (κ1) is 24.3. The molecule has 6 nitrogen and oxygen atoms in total. The van der Waals surface area contributed by atoms with E-state index in [4.69, 9.17) is 9.47 Å². The highest BCUT2D eigenvalue weighted by molar-refractivity contribution is 7.89. The van der Waals surface area contributed by atoms with Gasteiger partial charge in [-0.2, -0.15) is 0 Å². The first-order chi connectivity index (χ1) is 16.5. The second-order valence-corrected chi connectivity index (χ2v) is 10.2. The predicted octanol–water partition coefficient (Wildman–Crippen LogP) is 4.56. The molecule has 7 heteroatoms. The van der Waals surface area contributed by atoms with Gasteiger partial charge in [-0.3, -0.25) is 4.90 Å². The second-order valence-electron chi connectivity index (χ2n) is 8.51. The van der Waals surface area contributed by atoms with Crippen LogP contribution in [0.5, 0.6) is 11.5 Å². The molecule has 0 spiro atoms. The average Bonchev–Trinajstić information content (AvgIpc) is 2.87. The Morgan fingerprint density at radius 1 is 0.971 bits per heavy atom. The van der Waals surface area contributed by atoms with Crippen molar-refractivity contribution in [1.82, 2.24) is 9.62 Å². The number of nitrogens with one attached hydrogen (secondary N) is 1. The lowest BCUT2D eigenvalue weighted by molar-refractivity contribution is 0.143. The first-order valence-electron chi connectivity index (χ1n) is 11.6. The summed E-state index contributed by atoms with van der Waals surface area (Å²) in [5, 5.41) is 0. The largest absolute Gasteiger partial charge is 0.493 e. The fourth-order valence-corrected chi connectivity index (χ4v) is 6.08. The summed E-state index contributed by atoms with van der Waals surface area (Å²) in [4.78, 5) is 2.64. The van der Waals surface area contributed by atoms with Crippen LogP contribution >= 0.6 is 0 Å². The number of nitrogens with zero attached hydrogens (tertiary/aromatic N) is 1. The van der Waals surface area contributed by atoms with Crippen LogP contribution in [0.4, 0.5) is 0 Å². The molecule has 1 heterocycles. The molecule has 34 heavy (non-hydrogen) atoms. The number of hydrogen-bond donors (Lipinski definition) is 1. The molecular weight excluding hydrogens is 448 g/mol. The van der Waals surface area contributed by atoms with Crippen molar-refractivity contribution in [2.45, 2.75) is 43.3 Å². The number of methoxy groups -OCH3 is 2. The van der Waals surface area contributed by atoms with Gasteiger partial charge in [0.15, 0.2) is 11.5 Å². The normalized spacial score (nSPS) is 17.1. The number of sulfonamides is 1. The van der Waals surface area contributed by atoms with Gasteiger partial charge < -0.3 is 9.47 Å². The molecule has 3 aromatic rings. The van der Waals surface area contributed by atoms with E-state index in [0.717, 1.165) is 30.6 Å². The quantitative estimate of drug-likeness (QED) is 0.486. The summed E-state index contributed by atoms with van der Waals surface area (Å²) in [7, 11) is -0.423. The summed E-state index contributed by atoms with van der Waals surface area (Å²) < 4.78 is 40.7. The molecule has 0 unspecified atom stereocenters. The zero-order valence-electron chi connectivity index (χ0n) is 19.9. The topological polar surface area (TPSA) is 67.9 Å². The highest BCUT2D eigenvalue weighted by Gasteiger charge is 2.36. The van der Waals surface area contributed by atoms with Gasteiger partial charge in [-0.15, -0.1) is 0 Å². The minimum Gasteiger partial charge on any atom is -0.493 e. The van der Waals surface area contributed by atoms with Crippen molar-refractivity contribution in [1.29, 1.82) is 0 Å². The average molecular weight is 481 g/mol. The monoisotopic (exact) mass is 480 g/mol. The third kappa shape index (κ3) is 5.12. The van der Waals surface area contributed by atoms with Crippen molar-refractivity contribution >= 4 is 10.0 Å². The molecule has 1 aliphatic heterocycles. The summed E-state index contributed by atoms with van der Waals surface area (Å²) in [6.07, 6.45) is 1.48. The number of fused-ring (bicyclic) bond motifs is 1. The Labute approximate surface area is 202 Å². The first-order valence-corrected chi connectivity index (χ1v) is 13.0. The lowest BCUT2D eigenvalue weighted by Gasteiger charge is -2.42. The van der Waals surface area contributed by atoms with Gasteiger partial charge in [0, 0.05) is 19.1 Å². The van der Waals surface area contributed by atoms with Crippen LogP contribution < -0.4 is 14.2 Å². The maximum Gasteiger partial charge on any atom is 0.240 e. The van der Waals surface area contributed by atoms with Crippen LogP contribution in [0.25, 0.3) is 0 Å². The summed E-state index contributed by atoms with van der Waals surface area (Å²) in [5.74, 6) is 1.34. The van der Waals surface area contributed by atoms with Crippen LogP contribution in [-0.2, 0) is 23.0 Å². The highest BCUT2D eigenvalue weighted by Crippen LogP contribution is 2.41. The Balaban J connectivity index is 1.76. The minimum absolute atomic E-state index is 0.160. The van der Waals surface area contributed by atoms with Gasteiger partial charge in [-0.1, -0.05) is 55.5 Å². The molecule has 3 aromatic carbocycles. The molecule has 1 aliphatic rings. The third-order valence-corrected chi connectivity index (χ3v) is 7.94. The highest BCUT2D eigenvalue weighted by atomic mass is 32.2. The number of ether oxygens (including phenoxy) is 2. The zero-order chi connectivity index (χ0) is 24.1. The van der Waals surface area contributed by atoms with Gasteiger partial charge in [0.25, 0.3) is 0 Å². The number of hydrogen-bond acceptors (Lipinski definition) is 5. The third-order valence-electron chi connectivity index (χ3n) is 6.44. The van der Waals surface area contributed by atoms with Gasteiger partial charge in [-0.25, -0.2) is 13.1 Å². The zero-order valence-corrected chi connectivity index (χ0v) is 20.7. The SMILES string of the molecule is CC[C@H](NS(=O)(=O)c1ccccc1)[C@H]1c2cc(OC)c(OC)cc2CCN1Cc1ccccc1. The Bertz CT molecular complexity index is 1200. The van der Waals surface area contributed by atoms with E-state index in [1.165, 1.54) is 5.56 Å². The Morgan fingerprint density at radius 2 is 1.59 bits per heavy atom. The lowest BCUT2D eigenvalue weighted by atomic mass is 9.86. The van der Waals surface area contributed by atoms with E-state index in [1.807, 2.05) is 43.3 Å². The minimum atomic E-state index is -3.68. The molecule has 0 fully saturated rings. The van der Waals surface area contributed by atoms with Crippen LogP contribution in [0.3, 0.4) is 0 Å². The van der Waals surface area contributed by atoms with E-state index in [1.54, 1.807) is 38.5 Å². The van der Waals surface area contributed by atoms with E-state index >= 15 is 0 Å². The molecule has 0 aliphatic carbocycles. The van der Waals surface area contributed by atoms with E-state index in [9.17, 15) is 8.42 Å². The summed E-state index contributed by atoms with van der Waals surface area (Å²) >= 11 is 0. The standard InChI is InChI=1S/C27H32N2O4S/c1-4-24(28-34(30,31)22-13-9-6-10-14-22)27-23-18-26(33-3)25(32-2)17-21(23)15-16-29(27)19-20-11-7-5-8-12-20/h5-14,17-18,24,27-28H,4,15-16,19H2,1-3H3/t24-,27+/m0/s1. The molecule has 1 N–H and O–H groups in total. The van der Waals surface area contributed by atoms with Gasteiger partial charge in [0.05, 0.1) is 25.2 Å². The number of benzene rings is 3. The van der Waals surface area contributed by atoms with Crippen LogP contribution in [0.15, 0.2) is 77.7 Å². The van der Waals surface area contributed by atoms with Gasteiger partial charge in [-0.05, 0) is 53.8 Å². The van der Waals surface area contributed by atoms with Crippen molar-refractivity contribution < 1.29 is 17.9 Å². The van der Waals surface area contributed by atoms with Crippen molar-refractivity contribution in [3.63, 3.8) is 0 Å². The Morgan fingerprint density at radius 3 is 2.21 bits per heavy atom. The maximum absolute atomic E-state index is 13.3. The van der Waals surface area contributed by atoms with Crippen LogP contribution in [0.2, 0.25) is 0 Å². The van der Waals surface area contributed by atoms with Crippen molar-refractivity contribution in [2.75, 3.05) is 20.8 Å². The predicted molar refractivity (Wildman–Crippen MR) is 134 cm³/mol. The van der Waals surface area contributed by atoms with E-state index in [2.05, 4.69) is 21.8 Å². The lowest BCUT2D eigenvalue weighted by Crippen LogP contribution is -2.48. The number of rotatable bonds is 9. The Hall–Kier alpha value is -2.87. The van der Waals surface area contributed by atoms with E-state index < -0.39 is 10.0 Å². The van der Waals surface area contributed by atoms with Crippen molar-refractivity contribution in [2.24, 2.45) is 0 Å². The van der Waals surface area contributed by atoms with Gasteiger partial charge in [0.1, 0.15) is 0 Å². The van der Waals surface area contributed by atoms with Crippen molar-refractivity contribution in [3.05, 3.63) is 89.5 Å². The molecule has 4 rings (SSSR count). The Kier molecular flexibility index (Phi) is 7.56. The fourth-order valence-electron chi connectivity index (χ4n) is 4.73. The maximum atomic E-state index is 13.3. The van der Waals surface area contributed by atoms with Gasteiger partial charge in [0.2, 0.25) is 10.0 Å². The molecule has 2 atom stereocenters. The fraction of sp³-hybridized carbons (Fsp3) is 0.333. The smallest absolute Gasteiger partial charge is 0.240 e. The summed E-state index contributed by atoms with van der Waals surface area (Å²) in [5.41, 5.74) is 3.42. The molecule has 180 valence electrons. The van der Waals surface area contributed by atoms with Crippen molar-refractivity contribution in [3.8, 4) is 11.5 Å². The summed E-state index contributed by atoms with van der Waals surface area (Å²) in [6, 6.07) is 22.4. The van der Waals surface area contributed by atoms with Crippen LogP contribution in [-0.4, -0.2) is 40.1 Å². The second kappa shape index (κ2) is 10.6. The van der Waals surface area contributed by atoms with Crippen LogP contribution in [0.1, 0.15) is 36.1 Å². The van der Waals surface area contributed by atoms with E-state index in [0.29, 0.717) is 17.9 Å². The van der Waals surface area contributed by atoms with Gasteiger partial charge >= 0.3 is 0 Å².